The van der Waals surface area contributed by atoms with E-state index in [0.717, 1.165) is 17.7 Å². The lowest BCUT2D eigenvalue weighted by molar-refractivity contribution is -0.155. The lowest BCUT2D eigenvalue weighted by atomic mass is 9.75. The normalized spacial score (nSPS) is 23.0. The van der Waals surface area contributed by atoms with Gasteiger partial charge in [0.25, 0.3) is 5.91 Å². The van der Waals surface area contributed by atoms with Gasteiger partial charge in [-0.15, -0.1) is 0 Å². The number of rotatable bonds is 11. The maximum Gasteiger partial charge on any atom is 0.289 e. The van der Waals surface area contributed by atoms with Crippen molar-refractivity contribution in [3.05, 3.63) is 0 Å². The molecule has 0 aromatic carbocycles. The first-order chi connectivity index (χ1) is 18.5. The Balaban J connectivity index is 1.72. The second kappa shape index (κ2) is 12.2. The van der Waals surface area contributed by atoms with Gasteiger partial charge < -0.3 is 26.2 Å². The van der Waals surface area contributed by atoms with Crippen molar-refractivity contribution < 1.29 is 37.5 Å². The van der Waals surface area contributed by atoms with Gasteiger partial charge >= 0.3 is 0 Å². The molecule has 40 heavy (non-hydrogen) atoms. The van der Waals surface area contributed by atoms with E-state index in [1.807, 2.05) is 0 Å². The third kappa shape index (κ3) is 7.97. The van der Waals surface area contributed by atoms with Gasteiger partial charge in [0.05, 0.1) is 6.04 Å². The highest BCUT2D eigenvalue weighted by Gasteiger charge is 2.52. The van der Waals surface area contributed by atoms with Crippen LogP contribution in [0.2, 0.25) is 0 Å². The molecule has 0 aromatic rings. The van der Waals surface area contributed by atoms with Crippen molar-refractivity contribution in [2.24, 2.45) is 17.3 Å². The first-order valence-electron chi connectivity index (χ1n) is 13.9. The molecule has 3 aliphatic rings. The summed E-state index contributed by atoms with van der Waals surface area (Å²) in [6.07, 6.45) is 1.46. The van der Waals surface area contributed by atoms with E-state index < -0.39 is 83.6 Å². The van der Waals surface area contributed by atoms with Crippen LogP contribution in [0.4, 0.5) is 8.78 Å². The van der Waals surface area contributed by atoms with Crippen molar-refractivity contribution in [2.75, 3.05) is 13.6 Å². The Kier molecular flexibility index (Phi) is 9.56. The topological polar surface area (TPSA) is 154 Å². The number of hydrogen-bond donors (Lipinski definition) is 4. The van der Waals surface area contributed by atoms with Crippen LogP contribution in [0.3, 0.4) is 0 Å². The average Bonchev–Trinajstić information content (AvgIpc) is 3.68. The van der Waals surface area contributed by atoms with E-state index in [4.69, 9.17) is 0 Å². The predicted molar refractivity (Wildman–Crippen MR) is 140 cm³/mol. The van der Waals surface area contributed by atoms with Gasteiger partial charge in [0.2, 0.25) is 35.3 Å². The largest absolute Gasteiger partial charge is 0.356 e. The molecule has 0 bridgehead atoms. The van der Waals surface area contributed by atoms with Gasteiger partial charge in [0.1, 0.15) is 12.1 Å². The Labute approximate surface area is 232 Å². The van der Waals surface area contributed by atoms with Crippen molar-refractivity contribution >= 4 is 35.3 Å². The molecule has 2 aliphatic carbocycles. The molecule has 11 nitrogen and oxygen atoms in total. The molecule has 13 heteroatoms. The number of nitrogens with zero attached hydrogens (tertiary/aromatic N) is 1. The van der Waals surface area contributed by atoms with E-state index in [1.54, 1.807) is 20.8 Å². The minimum Gasteiger partial charge on any atom is -0.356 e. The van der Waals surface area contributed by atoms with Crippen LogP contribution in [-0.4, -0.2) is 83.9 Å². The average molecular weight is 570 g/mol. The van der Waals surface area contributed by atoms with Crippen LogP contribution in [0.25, 0.3) is 0 Å². The molecule has 3 rings (SSSR count). The maximum atomic E-state index is 13.7. The molecule has 2 saturated carbocycles. The Bertz CT molecular complexity index is 1030. The van der Waals surface area contributed by atoms with Crippen LogP contribution in [-0.2, 0) is 28.8 Å². The number of hydrogen-bond acceptors (Lipinski definition) is 6. The van der Waals surface area contributed by atoms with Gasteiger partial charge in [-0.3, -0.25) is 28.8 Å². The zero-order chi connectivity index (χ0) is 30.0. The number of carbonyl (C=O) groups is 6. The number of alkyl halides is 2. The van der Waals surface area contributed by atoms with Gasteiger partial charge in [-0.1, -0.05) is 20.8 Å². The van der Waals surface area contributed by atoms with Crippen molar-refractivity contribution in [3.8, 4) is 0 Å². The highest BCUT2D eigenvalue weighted by molar-refractivity contribution is 6.38. The molecular weight excluding hydrogens is 528 g/mol. The summed E-state index contributed by atoms with van der Waals surface area (Å²) in [4.78, 5) is 78.2. The number of ketones is 1. The van der Waals surface area contributed by atoms with Gasteiger partial charge in [-0.05, 0) is 44.9 Å². The van der Waals surface area contributed by atoms with E-state index in [9.17, 15) is 37.5 Å². The van der Waals surface area contributed by atoms with Crippen molar-refractivity contribution in [1.82, 2.24) is 26.2 Å². The second-order valence-corrected chi connectivity index (χ2v) is 12.4. The highest BCUT2D eigenvalue weighted by atomic mass is 19.3. The summed E-state index contributed by atoms with van der Waals surface area (Å²) < 4.78 is 27.3. The molecule has 0 aromatic heterocycles. The summed E-state index contributed by atoms with van der Waals surface area (Å²) in [5.74, 6) is -8.30. The number of halogens is 2. The van der Waals surface area contributed by atoms with E-state index in [-0.39, 0.29) is 18.4 Å². The van der Waals surface area contributed by atoms with Gasteiger partial charge in [-0.2, -0.15) is 0 Å². The molecule has 4 N–H and O–H groups in total. The number of Topliss-reactive ketones (excluding diaryl/α,β-unsaturated/α-hetero) is 1. The van der Waals surface area contributed by atoms with Crippen LogP contribution in [0.1, 0.15) is 72.6 Å². The zero-order valence-electron chi connectivity index (χ0n) is 23.8. The number of piperidine rings is 1. The first-order valence-corrected chi connectivity index (χ1v) is 13.9. The summed E-state index contributed by atoms with van der Waals surface area (Å²) in [7, 11) is 1.31. The third-order valence-corrected chi connectivity index (χ3v) is 7.82. The molecule has 0 unspecified atom stereocenters. The van der Waals surface area contributed by atoms with E-state index >= 15 is 0 Å². The summed E-state index contributed by atoms with van der Waals surface area (Å²) >= 11 is 0. The molecule has 5 amide bonds. The van der Waals surface area contributed by atoms with Crippen LogP contribution in [0.15, 0.2) is 0 Å². The maximum absolute atomic E-state index is 13.7. The Morgan fingerprint density at radius 3 is 2.23 bits per heavy atom. The molecule has 0 radical (unpaired) electrons. The fraction of sp³-hybridized carbons (Fsp3) is 0.778. The van der Waals surface area contributed by atoms with E-state index in [0.29, 0.717) is 19.4 Å². The minimum atomic E-state index is -2.93. The smallest absolute Gasteiger partial charge is 0.289 e. The molecule has 0 spiro atoms. The van der Waals surface area contributed by atoms with Crippen LogP contribution >= 0.6 is 0 Å². The second-order valence-electron chi connectivity index (χ2n) is 12.4. The van der Waals surface area contributed by atoms with Crippen LogP contribution < -0.4 is 21.3 Å². The molecule has 1 saturated heterocycles. The minimum absolute atomic E-state index is 0.0830. The van der Waals surface area contributed by atoms with Crippen LogP contribution in [0, 0.1) is 17.3 Å². The summed E-state index contributed by atoms with van der Waals surface area (Å²) in [5.41, 5.74) is -0.883. The van der Waals surface area contributed by atoms with Crippen molar-refractivity contribution in [2.45, 2.75) is 103 Å². The summed E-state index contributed by atoms with van der Waals surface area (Å²) in [6.45, 7) is 6.78. The monoisotopic (exact) mass is 569 g/mol. The fourth-order valence-corrected chi connectivity index (χ4v) is 4.78. The van der Waals surface area contributed by atoms with E-state index in [2.05, 4.69) is 21.3 Å². The molecule has 4 atom stereocenters. The molecule has 224 valence electrons. The predicted octanol–water partition coefficient (Wildman–Crippen LogP) is 0.658. The Morgan fingerprint density at radius 1 is 1.07 bits per heavy atom. The quantitative estimate of drug-likeness (QED) is 0.268. The highest BCUT2D eigenvalue weighted by Crippen LogP contribution is 2.44. The molecule has 1 aliphatic heterocycles. The lowest BCUT2D eigenvalue weighted by Crippen LogP contribution is -2.61. The summed E-state index contributed by atoms with van der Waals surface area (Å²) in [5, 5.41) is 10.4. The third-order valence-electron chi connectivity index (χ3n) is 7.82. The molecule has 3 fully saturated rings. The summed E-state index contributed by atoms with van der Waals surface area (Å²) in [6, 6.07) is -3.83. The van der Waals surface area contributed by atoms with E-state index in [1.165, 1.54) is 14.0 Å². The van der Waals surface area contributed by atoms with Crippen molar-refractivity contribution in [1.29, 1.82) is 0 Å². The van der Waals surface area contributed by atoms with Gasteiger partial charge in [0, 0.05) is 43.8 Å². The zero-order valence-corrected chi connectivity index (χ0v) is 23.8. The Hall–Kier alpha value is -3.12. The van der Waals surface area contributed by atoms with Crippen molar-refractivity contribution in [3.63, 3.8) is 0 Å². The Morgan fingerprint density at radius 2 is 1.70 bits per heavy atom. The fourth-order valence-electron chi connectivity index (χ4n) is 4.78. The van der Waals surface area contributed by atoms with Crippen LogP contribution in [0.5, 0.6) is 0 Å². The standard InChI is InChI=1S/C27H41F2N5O6/c1-14(34(5)24(39)19(16-12-27(28,29)13-16)33-25(40)26(2,3)4)21(36)32-18(11-15-7-6-10-30-22(15)37)20(35)23(38)31-17-8-9-17/h14-19H,6-13H2,1-5H3,(H,30,37)(H,31,38)(H,32,36)(H,33,40)/t14-,15-,18-,19+/m0/s1. The number of amides is 5. The first kappa shape index (κ1) is 31.4. The molecular formula is C27H41F2N5O6. The van der Waals surface area contributed by atoms with Gasteiger partial charge in [0.15, 0.2) is 0 Å². The SMILES string of the molecule is C[C@@H](C(=O)N[C@@H](C[C@@H]1CCCNC1=O)C(=O)C(=O)NC1CC1)N(C)C(=O)[C@H](NC(=O)C(C)(C)C)C1CC(F)(F)C1. The molecule has 1 heterocycles. The number of likely N-dealkylation sites (N-methyl/N-ethyl adjacent to an activating group) is 1. The lowest BCUT2D eigenvalue weighted by Gasteiger charge is -2.42. The number of carbonyl (C=O) groups excluding carboxylic acids is 6. The van der Waals surface area contributed by atoms with Gasteiger partial charge in [-0.25, -0.2) is 8.78 Å². The number of nitrogens with one attached hydrogen (secondary N) is 4.